The van der Waals surface area contributed by atoms with Crippen molar-refractivity contribution in [3.05, 3.63) is 86.8 Å². The number of aromatic amines is 1. The van der Waals surface area contributed by atoms with Crippen molar-refractivity contribution in [3.63, 3.8) is 0 Å². The second kappa shape index (κ2) is 9.27. The summed E-state index contributed by atoms with van der Waals surface area (Å²) in [6.45, 7) is 1.55. The van der Waals surface area contributed by atoms with Crippen molar-refractivity contribution >= 4 is 22.8 Å². The van der Waals surface area contributed by atoms with Crippen LogP contribution in [0.1, 0.15) is 45.8 Å². The first-order valence-electron chi connectivity index (χ1n) is 12.0. The van der Waals surface area contributed by atoms with Crippen molar-refractivity contribution in [1.82, 2.24) is 15.0 Å². The predicted molar refractivity (Wildman–Crippen MR) is 131 cm³/mol. The van der Waals surface area contributed by atoms with Crippen LogP contribution in [0.25, 0.3) is 11.0 Å². The molecule has 2 aliphatic rings. The molecule has 4 aromatic rings. The zero-order chi connectivity index (χ0) is 25.5. The van der Waals surface area contributed by atoms with E-state index in [0.717, 1.165) is 18.1 Å². The first-order chi connectivity index (χ1) is 17.9. The fourth-order valence-electron chi connectivity index (χ4n) is 4.90. The minimum atomic E-state index is -0.711. The quantitative estimate of drug-likeness (QED) is 0.427. The van der Waals surface area contributed by atoms with E-state index in [1.165, 1.54) is 18.3 Å². The number of fused-ring (bicyclic) bond motifs is 4. The van der Waals surface area contributed by atoms with Crippen LogP contribution in [-0.2, 0) is 13.0 Å². The Balaban J connectivity index is 1.29. The Morgan fingerprint density at radius 2 is 1.78 bits per heavy atom. The van der Waals surface area contributed by atoms with Gasteiger partial charge in [0.15, 0.2) is 22.9 Å². The molecule has 0 saturated heterocycles. The van der Waals surface area contributed by atoms with Gasteiger partial charge in [0, 0.05) is 37.2 Å². The summed E-state index contributed by atoms with van der Waals surface area (Å²) in [5.41, 5.74) is 1.83. The maximum Gasteiger partial charge on any atom is 0.262 e. The van der Waals surface area contributed by atoms with E-state index in [0.29, 0.717) is 47.9 Å². The highest BCUT2D eigenvalue weighted by Crippen LogP contribution is 2.35. The molecule has 188 valence electrons. The van der Waals surface area contributed by atoms with E-state index < -0.39 is 23.1 Å². The maximum atomic E-state index is 13.8. The lowest BCUT2D eigenvalue weighted by Crippen LogP contribution is -2.23. The third kappa shape index (κ3) is 4.50. The van der Waals surface area contributed by atoms with Crippen LogP contribution in [0.5, 0.6) is 11.5 Å². The highest BCUT2D eigenvalue weighted by molar-refractivity contribution is 6.02. The number of aromatic nitrogens is 3. The molecule has 1 atom stereocenters. The molecule has 10 heteroatoms. The molecule has 6 rings (SSSR count). The van der Waals surface area contributed by atoms with E-state index >= 15 is 0 Å². The number of hydrogen-bond acceptors (Lipinski definition) is 7. The number of H-pyrrole nitrogens is 1. The Labute approximate surface area is 209 Å². The number of ketones is 1. The molecule has 2 aromatic heterocycles. The molecular weight excluding hydrogens is 482 g/mol. The lowest BCUT2D eigenvalue weighted by Gasteiger charge is -2.24. The zero-order valence-corrected chi connectivity index (χ0v) is 19.6. The van der Waals surface area contributed by atoms with Gasteiger partial charge in [0.05, 0.1) is 18.6 Å². The van der Waals surface area contributed by atoms with Crippen molar-refractivity contribution in [2.45, 2.75) is 31.7 Å². The highest BCUT2D eigenvalue weighted by atomic mass is 19.1. The first kappa shape index (κ1) is 23.1. The van der Waals surface area contributed by atoms with Crippen LogP contribution in [0.15, 0.2) is 47.4 Å². The summed E-state index contributed by atoms with van der Waals surface area (Å²) in [6, 6.07) is 8.85. The van der Waals surface area contributed by atoms with Crippen LogP contribution in [-0.4, -0.2) is 33.9 Å². The molecule has 8 nitrogen and oxygen atoms in total. The molecule has 2 N–H and O–H groups in total. The van der Waals surface area contributed by atoms with Crippen LogP contribution in [0, 0.1) is 11.6 Å². The summed E-state index contributed by atoms with van der Waals surface area (Å²) in [7, 11) is 0. The summed E-state index contributed by atoms with van der Waals surface area (Å²) in [6.07, 6.45) is 2.57. The standard InChI is InChI=1S/C27H22F2N4O4/c28-17-7-15(8-18(29)11-17)16-9-19-20(21(34)10-16)13-30-25-24(19)26(35)33-27(32-25)31-12-14-2-3-22-23(6-14)37-5-1-4-36-22/h2-3,6-8,11,13,16H,1,4-5,9-10,12H2,(H2,30,31,32,33,35). The zero-order valence-electron chi connectivity index (χ0n) is 19.6. The molecule has 1 unspecified atom stereocenters. The lowest BCUT2D eigenvalue weighted by molar-refractivity contribution is 0.0964. The Bertz CT molecular complexity index is 1580. The van der Waals surface area contributed by atoms with Gasteiger partial charge in [-0.3, -0.25) is 14.6 Å². The highest BCUT2D eigenvalue weighted by Gasteiger charge is 2.30. The van der Waals surface area contributed by atoms with E-state index in [2.05, 4.69) is 20.3 Å². The second-order valence-corrected chi connectivity index (χ2v) is 9.18. The van der Waals surface area contributed by atoms with Gasteiger partial charge in [0.2, 0.25) is 5.95 Å². The molecule has 1 aliphatic heterocycles. The Hall–Kier alpha value is -4.34. The summed E-state index contributed by atoms with van der Waals surface area (Å²) in [4.78, 5) is 37.4. The minimum Gasteiger partial charge on any atom is -0.490 e. The van der Waals surface area contributed by atoms with Gasteiger partial charge in [-0.15, -0.1) is 0 Å². The average molecular weight is 504 g/mol. The topological polar surface area (TPSA) is 106 Å². The van der Waals surface area contributed by atoms with Crippen molar-refractivity contribution in [1.29, 1.82) is 0 Å². The number of halogens is 2. The number of pyridine rings is 1. The number of ether oxygens (including phenoxy) is 2. The molecule has 0 bridgehead atoms. The van der Waals surface area contributed by atoms with E-state index in [1.54, 1.807) is 0 Å². The van der Waals surface area contributed by atoms with Gasteiger partial charge in [0.25, 0.3) is 5.56 Å². The Morgan fingerprint density at radius 3 is 2.59 bits per heavy atom. The van der Waals surface area contributed by atoms with Crippen molar-refractivity contribution in [3.8, 4) is 11.5 Å². The summed E-state index contributed by atoms with van der Waals surface area (Å²) in [5, 5.41) is 3.30. The molecular formula is C27H22F2N4O4. The molecule has 0 spiro atoms. The average Bonchev–Trinajstić information content (AvgIpc) is 3.11. The van der Waals surface area contributed by atoms with Gasteiger partial charge in [-0.2, -0.15) is 4.98 Å². The van der Waals surface area contributed by atoms with Crippen LogP contribution in [0.4, 0.5) is 14.7 Å². The third-order valence-corrected chi connectivity index (χ3v) is 6.65. The fraction of sp³-hybridized carbons (Fsp3) is 0.259. The number of nitrogens with zero attached hydrogens (tertiary/aromatic N) is 2. The van der Waals surface area contributed by atoms with E-state index in [9.17, 15) is 18.4 Å². The smallest absolute Gasteiger partial charge is 0.262 e. The normalized spacial score (nSPS) is 16.8. The predicted octanol–water partition coefficient (Wildman–Crippen LogP) is 4.28. The molecule has 3 heterocycles. The molecule has 2 aromatic carbocycles. The molecule has 0 amide bonds. The number of Topliss-reactive ketones (excluding diaryl/α,β-unsaturated/α-hetero) is 1. The van der Waals surface area contributed by atoms with Crippen LogP contribution < -0.4 is 20.3 Å². The minimum absolute atomic E-state index is 0.0730. The van der Waals surface area contributed by atoms with Crippen molar-refractivity contribution in [2.75, 3.05) is 18.5 Å². The molecule has 37 heavy (non-hydrogen) atoms. The molecule has 0 saturated carbocycles. The van der Waals surface area contributed by atoms with Crippen LogP contribution in [0.3, 0.4) is 0 Å². The van der Waals surface area contributed by atoms with E-state index in [4.69, 9.17) is 9.47 Å². The van der Waals surface area contributed by atoms with Crippen molar-refractivity contribution < 1.29 is 23.0 Å². The second-order valence-electron chi connectivity index (χ2n) is 9.18. The third-order valence-electron chi connectivity index (χ3n) is 6.65. The fourth-order valence-corrected chi connectivity index (χ4v) is 4.90. The molecule has 0 fully saturated rings. The van der Waals surface area contributed by atoms with Crippen LogP contribution in [0.2, 0.25) is 0 Å². The van der Waals surface area contributed by atoms with Gasteiger partial charge in [-0.25, -0.2) is 13.8 Å². The van der Waals surface area contributed by atoms with Gasteiger partial charge in [0.1, 0.15) is 11.6 Å². The summed E-state index contributed by atoms with van der Waals surface area (Å²) >= 11 is 0. The van der Waals surface area contributed by atoms with E-state index in [-0.39, 0.29) is 35.6 Å². The van der Waals surface area contributed by atoms with Gasteiger partial charge < -0.3 is 14.8 Å². The Morgan fingerprint density at radius 1 is 1.00 bits per heavy atom. The van der Waals surface area contributed by atoms with Gasteiger partial charge in [-0.05, 0) is 53.3 Å². The summed E-state index contributed by atoms with van der Waals surface area (Å²) in [5.74, 6) is -0.534. The monoisotopic (exact) mass is 504 g/mol. The largest absolute Gasteiger partial charge is 0.490 e. The number of nitrogens with one attached hydrogen (secondary N) is 2. The number of carbonyl (C=O) groups is 1. The first-order valence-corrected chi connectivity index (χ1v) is 12.0. The molecule has 0 radical (unpaired) electrons. The maximum absolute atomic E-state index is 13.8. The number of carbonyl (C=O) groups excluding carboxylic acids is 1. The number of benzene rings is 2. The number of anilines is 1. The Kier molecular flexibility index (Phi) is 5.78. The number of hydrogen-bond donors (Lipinski definition) is 2. The molecule has 1 aliphatic carbocycles. The lowest BCUT2D eigenvalue weighted by atomic mass is 9.79. The van der Waals surface area contributed by atoms with E-state index in [1.807, 2.05) is 18.2 Å². The van der Waals surface area contributed by atoms with Gasteiger partial charge >= 0.3 is 0 Å². The summed E-state index contributed by atoms with van der Waals surface area (Å²) < 4.78 is 39.0. The number of rotatable bonds is 4. The van der Waals surface area contributed by atoms with Crippen LogP contribution >= 0.6 is 0 Å². The van der Waals surface area contributed by atoms with Gasteiger partial charge in [-0.1, -0.05) is 6.07 Å². The van der Waals surface area contributed by atoms with Crippen molar-refractivity contribution in [2.24, 2.45) is 0 Å². The SMILES string of the molecule is O=C1CC(c2cc(F)cc(F)c2)Cc2c1cnc1nc(NCc3ccc4c(c3)OCCCO4)[nH]c(=O)c21.